The van der Waals surface area contributed by atoms with Crippen molar-refractivity contribution in [2.24, 2.45) is 0 Å². The molecule has 3 rings (SSSR count). The topological polar surface area (TPSA) is 132 Å². The van der Waals surface area contributed by atoms with E-state index in [0.29, 0.717) is 29.3 Å². The summed E-state index contributed by atoms with van der Waals surface area (Å²) in [7, 11) is -2.78. The van der Waals surface area contributed by atoms with Crippen LogP contribution in [0.2, 0.25) is 0 Å². The molecule has 190 valence electrons. The van der Waals surface area contributed by atoms with Crippen LogP contribution >= 0.6 is 0 Å². The lowest BCUT2D eigenvalue weighted by molar-refractivity contribution is -0.117. The number of anilines is 1. The predicted octanol–water partition coefficient (Wildman–Crippen LogP) is 1.39. The fourth-order valence-electron chi connectivity index (χ4n) is 3.72. The Balaban J connectivity index is 1.89. The molecule has 0 saturated carbocycles. The van der Waals surface area contributed by atoms with E-state index in [2.05, 4.69) is 5.32 Å². The molecule has 1 aromatic rings. The molecule has 11 nitrogen and oxygen atoms in total. The molecular formula is C21H30FN3O8S. The maximum absolute atomic E-state index is 15.8. The molecular weight excluding hydrogens is 473 g/mol. The summed E-state index contributed by atoms with van der Waals surface area (Å²) in [6.07, 6.45) is 0.439. The van der Waals surface area contributed by atoms with Gasteiger partial charge in [-0.05, 0) is 57.2 Å². The fourth-order valence-corrected chi connectivity index (χ4v) is 4.88. The first-order chi connectivity index (χ1) is 15.9. The number of benzene rings is 1. The number of carbonyl (C=O) groups excluding carboxylic acids is 2. The minimum absolute atomic E-state index is 0.0627. The number of halogens is 1. The Morgan fingerprint density at radius 2 is 2.06 bits per heavy atom. The fraction of sp³-hybridized carbons (Fsp3) is 0.619. The first kappa shape index (κ1) is 26.0. The van der Waals surface area contributed by atoms with Crippen LogP contribution in [-0.4, -0.2) is 65.7 Å². The third-order valence-corrected chi connectivity index (χ3v) is 6.51. The van der Waals surface area contributed by atoms with Crippen LogP contribution in [-0.2, 0) is 42.1 Å². The van der Waals surface area contributed by atoms with Crippen LogP contribution in [0.3, 0.4) is 0 Å². The summed E-state index contributed by atoms with van der Waals surface area (Å²) in [4.78, 5) is 23.9. The molecule has 0 bridgehead atoms. The standard InChI is InChI=1S/C21H30FN3O8S/c1-21(2,3)33-20(27)23-14-6-5-13-9-16(32-12-31-8-7-30-4)19(18(22)15(13)10-14)25-11-17(26)24-34(25,28)29/h9,14H,5-8,10-12H2,1-4H3,(H,23,27)(H,24,26)/t14-/m1/s1. The summed E-state index contributed by atoms with van der Waals surface area (Å²) >= 11 is 0. The Bertz CT molecular complexity index is 1040. The van der Waals surface area contributed by atoms with Gasteiger partial charge in [0.15, 0.2) is 12.6 Å². The largest absolute Gasteiger partial charge is 0.465 e. The molecule has 1 atom stereocenters. The molecule has 13 heteroatoms. The molecule has 1 aliphatic heterocycles. The van der Waals surface area contributed by atoms with Crippen molar-refractivity contribution in [2.75, 3.05) is 38.0 Å². The van der Waals surface area contributed by atoms with E-state index in [1.807, 2.05) is 4.72 Å². The molecule has 0 unspecified atom stereocenters. The highest BCUT2D eigenvalue weighted by Crippen LogP contribution is 2.40. The van der Waals surface area contributed by atoms with E-state index in [1.54, 1.807) is 26.8 Å². The minimum atomic E-state index is -4.29. The molecule has 1 heterocycles. The lowest BCUT2D eigenvalue weighted by Gasteiger charge is -2.30. The van der Waals surface area contributed by atoms with Gasteiger partial charge in [-0.15, -0.1) is 0 Å². The highest BCUT2D eigenvalue weighted by molar-refractivity contribution is 7.92. The minimum Gasteiger partial charge on any atom is -0.465 e. The first-order valence-corrected chi connectivity index (χ1v) is 12.2. The van der Waals surface area contributed by atoms with Crippen LogP contribution in [0.4, 0.5) is 14.9 Å². The van der Waals surface area contributed by atoms with Crippen molar-refractivity contribution in [1.82, 2.24) is 10.0 Å². The molecule has 2 N–H and O–H groups in total. The number of carbonyl (C=O) groups is 2. The van der Waals surface area contributed by atoms with Crippen molar-refractivity contribution in [1.29, 1.82) is 0 Å². The Hall–Kier alpha value is -2.64. The molecule has 1 aromatic carbocycles. The van der Waals surface area contributed by atoms with Gasteiger partial charge in [-0.2, -0.15) is 8.42 Å². The van der Waals surface area contributed by atoms with Crippen LogP contribution in [0.5, 0.6) is 5.75 Å². The number of amides is 2. The van der Waals surface area contributed by atoms with Crippen molar-refractivity contribution >= 4 is 27.9 Å². The average molecular weight is 504 g/mol. The molecule has 0 radical (unpaired) electrons. The summed E-state index contributed by atoms with van der Waals surface area (Å²) in [5.74, 6) is -1.68. The monoisotopic (exact) mass is 503 g/mol. The van der Waals surface area contributed by atoms with Gasteiger partial charge in [0.2, 0.25) is 0 Å². The van der Waals surface area contributed by atoms with Gasteiger partial charge < -0.3 is 24.3 Å². The number of ether oxygens (including phenoxy) is 4. The van der Waals surface area contributed by atoms with Crippen LogP contribution < -0.4 is 19.1 Å². The van der Waals surface area contributed by atoms with Gasteiger partial charge in [-0.1, -0.05) is 0 Å². The summed E-state index contributed by atoms with van der Waals surface area (Å²) in [6, 6.07) is 1.14. The molecule has 1 saturated heterocycles. The van der Waals surface area contributed by atoms with Gasteiger partial charge in [0.05, 0.1) is 13.2 Å². The SMILES string of the molecule is COCCOCOc1cc2c(c(F)c1N1CC(=O)NS1(=O)=O)C[C@H](NC(=O)OC(C)(C)C)CC2. The predicted molar refractivity (Wildman–Crippen MR) is 119 cm³/mol. The molecule has 1 fully saturated rings. The lowest BCUT2D eigenvalue weighted by Crippen LogP contribution is -2.42. The van der Waals surface area contributed by atoms with Gasteiger partial charge in [0, 0.05) is 13.2 Å². The second-order valence-electron chi connectivity index (χ2n) is 8.96. The van der Waals surface area contributed by atoms with Gasteiger partial charge in [-0.3, -0.25) is 4.79 Å². The van der Waals surface area contributed by atoms with Gasteiger partial charge in [-0.25, -0.2) is 18.2 Å². The summed E-state index contributed by atoms with van der Waals surface area (Å²) in [5.41, 5.74) is -0.211. The van der Waals surface area contributed by atoms with Crippen LogP contribution in [0.25, 0.3) is 0 Å². The smallest absolute Gasteiger partial charge is 0.407 e. The second kappa shape index (κ2) is 10.3. The van der Waals surface area contributed by atoms with Crippen molar-refractivity contribution in [3.63, 3.8) is 0 Å². The van der Waals surface area contributed by atoms with E-state index >= 15 is 4.39 Å². The van der Waals surface area contributed by atoms with Crippen LogP contribution in [0, 0.1) is 5.82 Å². The van der Waals surface area contributed by atoms with Gasteiger partial charge >= 0.3 is 16.3 Å². The van der Waals surface area contributed by atoms with Crippen molar-refractivity contribution in [3.8, 4) is 5.75 Å². The quantitative estimate of drug-likeness (QED) is 0.402. The van der Waals surface area contributed by atoms with Crippen LogP contribution in [0.15, 0.2) is 6.07 Å². The highest BCUT2D eigenvalue weighted by Gasteiger charge is 2.39. The third-order valence-electron chi connectivity index (χ3n) is 5.13. The Kier molecular flexibility index (Phi) is 7.88. The molecule has 0 aromatic heterocycles. The second-order valence-corrected chi connectivity index (χ2v) is 10.6. The van der Waals surface area contributed by atoms with Gasteiger partial charge in [0.1, 0.15) is 23.6 Å². The van der Waals surface area contributed by atoms with Gasteiger partial charge in [0.25, 0.3) is 5.91 Å². The summed E-state index contributed by atoms with van der Waals surface area (Å²) < 4.78 is 64.2. The number of nitrogens with zero attached hydrogens (tertiary/aromatic N) is 1. The maximum atomic E-state index is 15.8. The third kappa shape index (κ3) is 6.27. The molecule has 34 heavy (non-hydrogen) atoms. The summed E-state index contributed by atoms with van der Waals surface area (Å²) in [5, 5.41) is 2.74. The average Bonchev–Trinajstić information content (AvgIpc) is 2.98. The summed E-state index contributed by atoms with van der Waals surface area (Å²) in [6.45, 7) is 4.90. The number of fused-ring (bicyclic) bond motifs is 1. The number of aryl methyl sites for hydroxylation is 1. The molecule has 0 spiro atoms. The van der Waals surface area contributed by atoms with Crippen LogP contribution in [0.1, 0.15) is 38.3 Å². The zero-order valence-corrected chi connectivity index (χ0v) is 20.4. The van der Waals surface area contributed by atoms with E-state index in [9.17, 15) is 18.0 Å². The van der Waals surface area contributed by atoms with E-state index in [-0.39, 0.29) is 36.8 Å². The zero-order chi connectivity index (χ0) is 25.1. The molecule has 2 amide bonds. The van der Waals surface area contributed by atoms with E-state index in [0.717, 1.165) is 0 Å². The van der Waals surface area contributed by atoms with E-state index in [4.69, 9.17) is 18.9 Å². The number of hydrogen-bond donors (Lipinski definition) is 2. The Labute approximate surface area is 198 Å². The number of alkyl carbamates (subject to hydrolysis) is 1. The zero-order valence-electron chi connectivity index (χ0n) is 19.6. The lowest BCUT2D eigenvalue weighted by atomic mass is 9.87. The van der Waals surface area contributed by atoms with Crippen molar-refractivity contribution in [3.05, 3.63) is 23.0 Å². The van der Waals surface area contributed by atoms with E-state index < -0.39 is 46.2 Å². The molecule has 2 aliphatic rings. The number of rotatable bonds is 8. The maximum Gasteiger partial charge on any atom is 0.407 e. The van der Waals surface area contributed by atoms with Crippen molar-refractivity contribution in [2.45, 2.75) is 51.7 Å². The molecule has 1 aliphatic carbocycles. The normalized spacial score (nSPS) is 19.4. The van der Waals surface area contributed by atoms with E-state index in [1.165, 1.54) is 7.11 Å². The Morgan fingerprint density at radius 3 is 2.68 bits per heavy atom. The van der Waals surface area contributed by atoms with Crippen molar-refractivity contribution < 1.29 is 41.3 Å². The number of hydrogen-bond acceptors (Lipinski definition) is 8. The number of nitrogens with one attached hydrogen (secondary N) is 2. The number of methoxy groups -OCH3 is 1. The Morgan fingerprint density at radius 1 is 1.32 bits per heavy atom. The highest BCUT2D eigenvalue weighted by atomic mass is 32.2. The first-order valence-electron chi connectivity index (χ1n) is 10.8.